The van der Waals surface area contributed by atoms with Crippen LogP contribution in [0.4, 0.5) is 5.69 Å². The molecular weight excluding hydrogens is 464 g/mol. The van der Waals surface area contributed by atoms with Crippen molar-refractivity contribution in [3.8, 4) is 11.5 Å². The summed E-state index contributed by atoms with van der Waals surface area (Å²) < 4.78 is 38.6. The predicted molar refractivity (Wildman–Crippen MR) is 138 cm³/mol. The van der Waals surface area contributed by atoms with Crippen LogP contribution in [0.3, 0.4) is 0 Å². The third-order valence-corrected chi connectivity index (χ3v) is 7.18. The highest BCUT2D eigenvalue weighted by Gasteiger charge is 2.27. The van der Waals surface area contributed by atoms with Crippen molar-refractivity contribution in [3.05, 3.63) is 84.4 Å². The van der Waals surface area contributed by atoms with E-state index in [1.165, 1.54) is 24.8 Å². The number of nitrogens with one attached hydrogen (secondary N) is 1. The molecule has 186 valence electrons. The zero-order chi connectivity index (χ0) is 25.5. The topological polar surface area (TPSA) is 84.9 Å². The number of para-hydroxylation sites is 1. The van der Waals surface area contributed by atoms with Gasteiger partial charge in [-0.3, -0.25) is 9.10 Å². The highest BCUT2D eigenvalue weighted by Crippen LogP contribution is 2.25. The molecule has 1 amide bonds. The van der Waals surface area contributed by atoms with Crippen LogP contribution in [0, 0.1) is 0 Å². The molecule has 0 bridgehead atoms. The lowest BCUT2D eigenvalue weighted by Gasteiger charge is -2.24. The fraction of sp³-hybridized carbons (Fsp3) is 0.296. The first-order chi connectivity index (χ1) is 16.6. The van der Waals surface area contributed by atoms with Crippen molar-refractivity contribution in [3.63, 3.8) is 0 Å². The number of sulfonamides is 1. The lowest BCUT2D eigenvalue weighted by atomic mass is 9.87. The largest absolute Gasteiger partial charge is 0.497 e. The number of rotatable bonds is 10. The lowest BCUT2D eigenvalue weighted by Crippen LogP contribution is -2.41. The molecule has 0 aromatic heterocycles. The Kier molecular flexibility index (Phi) is 8.40. The molecule has 3 aromatic carbocycles. The maximum atomic E-state index is 13.4. The van der Waals surface area contributed by atoms with Gasteiger partial charge in [-0.25, -0.2) is 8.42 Å². The zero-order valence-corrected chi connectivity index (χ0v) is 21.3. The quantitative estimate of drug-likeness (QED) is 0.421. The van der Waals surface area contributed by atoms with Crippen molar-refractivity contribution in [1.29, 1.82) is 0 Å². The van der Waals surface area contributed by atoms with Gasteiger partial charge < -0.3 is 14.8 Å². The Hall–Kier alpha value is -3.52. The number of hydrogen-bond acceptors (Lipinski definition) is 5. The molecule has 0 atom stereocenters. The lowest BCUT2D eigenvalue weighted by molar-refractivity contribution is -0.119. The molecule has 0 fully saturated rings. The number of ether oxygens (including phenoxy) is 2. The molecule has 7 nitrogen and oxygen atoms in total. The van der Waals surface area contributed by atoms with Crippen LogP contribution in [-0.4, -0.2) is 41.1 Å². The molecule has 0 unspecified atom stereocenters. The number of nitrogens with zero attached hydrogens (tertiary/aromatic N) is 1. The molecule has 3 aromatic rings. The summed E-state index contributed by atoms with van der Waals surface area (Å²) >= 11 is 0. The van der Waals surface area contributed by atoms with Crippen LogP contribution in [0.2, 0.25) is 0 Å². The van der Waals surface area contributed by atoms with Crippen molar-refractivity contribution in [1.82, 2.24) is 5.32 Å². The predicted octanol–water partition coefficient (Wildman–Crippen LogP) is 4.38. The third-order valence-electron chi connectivity index (χ3n) is 5.39. The van der Waals surface area contributed by atoms with Crippen molar-refractivity contribution < 1.29 is 22.7 Å². The van der Waals surface area contributed by atoms with Crippen LogP contribution >= 0.6 is 0 Å². The van der Waals surface area contributed by atoms with Crippen LogP contribution in [-0.2, 0) is 20.2 Å². The minimum Gasteiger partial charge on any atom is -0.497 e. The summed E-state index contributed by atoms with van der Waals surface area (Å²) in [5.41, 5.74) is 1.66. The summed E-state index contributed by atoms with van der Waals surface area (Å²) in [5.74, 6) is 0.818. The number of hydrogen-bond donors (Lipinski definition) is 1. The average Bonchev–Trinajstić information content (AvgIpc) is 2.85. The minimum absolute atomic E-state index is 0.0588. The first-order valence-electron chi connectivity index (χ1n) is 11.3. The summed E-state index contributed by atoms with van der Waals surface area (Å²) in [5, 5.41) is 2.74. The van der Waals surface area contributed by atoms with Crippen molar-refractivity contribution in [2.75, 3.05) is 31.1 Å². The molecule has 1 N–H and O–H groups in total. The van der Waals surface area contributed by atoms with Gasteiger partial charge in [0.25, 0.3) is 10.0 Å². The molecule has 0 saturated heterocycles. The number of methoxy groups -OCH3 is 1. The highest BCUT2D eigenvalue weighted by atomic mass is 32.2. The van der Waals surface area contributed by atoms with Crippen LogP contribution in [0.5, 0.6) is 11.5 Å². The summed E-state index contributed by atoms with van der Waals surface area (Å²) in [7, 11) is -2.47. The number of benzene rings is 3. The Morgan fingerprint density at radius 1 is 0.886 bits per heavy atom. The molecule has 0 aliphatic heterocycles. The van der Waals surface area contributed by atoms with Gasteiger partial charge in [0.15, 0.2) is 0 Å². The van der Waals surface area contributed by atoms with Crippen molar-refractivity contribution in [2.45, 2.75) is 31.1 Å². The summed E-state index contributed by atoms with van der Waals surface area (Å²) in [6, 6.07) is 22.5. The SMILES string of the molecule is COc1ccc(S(=O)(=O)N(CC(=O)NCCOc2ccc(C(C)(C)C)cc2)c2ccccc2)cc1. The maximum Gasteiger partial charge on any atom is 0.264 e. The second-order valence-electron chi connectivity index (χ2n) is 9.00. The Labute approximate surface area is 207 Å². The van der Waals surface area contributed by atoms with E-state index < -0.39 is 15.9 Å². The van der Waals surface area contributed by atoms with Gasteiger partial charge in [0.1, 0.15) is 24.7 Å². The molecule has 0 radical (unpaired) electrons. The van der Waals surface area contributed by atoms with Gasteiger partial charge in [-0.2, -0.15) is 0 Å². The standard InChI is InChI=1S/C27H32N2O5S/c1-27(2,3)21-10-12-24(13-11-21)34-19-18-28-26(30)20-29(22-8-6-5-7-9-22)35(31,32)25-16-14-23(33-4)15-17-25/h5-17H,18-20H2,1-4H3,(H,28,30). The van der Waals surface area contributed by atoms with Crippen LogP contribution in [0.1, 0.15) is 26.3 Å². The molecule has 35 heavy (non-hydrogen) atoms. The van der Waals surface area contributed by atoms with Crippen LogP contribution in [0.15, 0.2) is 83.8 Å². The van der Waals surface area contributed by atoms with Crippen molar-refractivity contribution in [2.24, 2.45) is 0 Å². The highest BCUT2D eigenvalue weighted by molar-refractivity contribution is 7.92. The minimum atomic E-state index is -3.98. The summed E-state index contributed by atoms with van der Waals surface area (Å²) in [6.45, 7) is 6.57. The number of carbonyl (C=O) groups excluding carboxylic acids is 1. The average molecular weight is 497 g/mol. The molecule has 0 aliphatic carbocycles. The number of carbonyl (C=O) groups is 1. The van der Waals surface area contributed by atoms with E-state index in [4.69, 9.17) is 9.47 Å². The Morgan fingerprint density at radius 2 is 1.49 bits per heavy atom. The van der Waals surface area contributed by atoms with E-state index in [-0.39, 0.29) is 30.0 Å². The van der Waals surface area contributed by atoms with Crippen molar-refractivity contribution >= 4 is 21.6 Å². The first-order valence-corrected chi connectivity index (χ1v) is 12.8. The molecule has 0 spiro atoms. The molecular formula is C27H32N2O5S. The maximum absolute atomic E-state index is 13.4. The Bertz CT molecular complexity index is 1200. The van der Waals surface area contributed by atoms with Gasteiger partial charge in [0, 0.05) is 0 Å². The van der Waals surface area contributed by atoms with E-state index in [1.807, 2.05) is 24.3 Å². The van der Waals surface area contributed by atoms with E-state index >= 15 is 0 Å². The monoisotopic (exact) mass is 496 g/mol. The van der Waals surface area contributed by atoms with Gasteiger partial charge >= 0.3 is 0 Å². The fourth-order valence-corrected chi connectivity index (χ4v) is 4.80. The molecule has 8 heteroatoms. The molecule has 0 aliphatic rings. The second-order valence-corrected chi connectivity index (χ2v) is 10.9. The van der Waals surface area contributed by atoms with E-state index in [2.05, 4.69) is 26.1 Å². The van der Waals surface area contributed by atoms with Gasteiger partial charge in [-0.15, -0.1) is 0 Å². The molecule has 3 rings (SSSR count). The van der Waals surface area contributed by atoms with E-state index in [9.17, 15) is 13.2 Å². The van der Waals surface area contributed by atoms with E-state index in [0.717, 1.165) is 4.31 Å². The second kappa shape index (κ2) is 11.3. The summed E-state index contributed by atoms with van der Waals surface area (Å²) in [6.07, 6.45) is 0. The van der Waals surface area contributed by atoms with E-state index in [1.54, 1.807) is 42.5 Å². The first kappa shape index (κ1) is 26.1. The zero-order valence-electron chi connectivity index (χ0n) is 20.5. The third kappa shape index (κ3) is 6.99. The molecule has 0 heterocycles. The van der Waals surface area contributed by atoms with E-state index in [0.29, 0.717) is 17.2 Å². The Morgan fingerprint density at radius 3 is 2.06 bits per heavy atom. The number of amides is 1. The van der Waals surface area contributed by atoms with Crippen LogP contribution in [0.25, 0.3) is 0 Å². The van der Waals surface area contributed by atoms with Crippen LogP contribution < -0.4 is 19.1 Å². The van der Waals surface area contributed by atoms with Gasteiger partial charge in [0.05, 0.1) is 24.2 Å². The number of anilines is 1. The summed E-state index contributed by atoms with van der Waals surface area (Å²) in [4.78, 5) is 12.7. The van der Waals surface area contributed by atoms with Gasteiger partial charge in [-0.1, -0.05) is 51.1 Å². The Balaban J connectivity index is 1.63. The smallest absolute Gasteiger partial charge is 0.264 e. The fourth-order valence-electron chi connectivity index (χ4n) is 3.38. The normalized spacial score (nSPS) is 11.5. The molecule has 0 saturated carbocycles. The van der Waals surface area contributed by atoms with Gasteiger partial charge in [-0.05, 0) is 59.5 Å². The van der Waals surface area contributed by atoms with Gasteiger partial charge in [0.2, 0.25) is 5.91 Å².